The molecule has 0 bridgehead atoms. The van der Waals surface area contributed by atoms with E-state index >= 15 is 0 Å². The Balaban J connectivity index is 1.58. The van der Waals surface area contributed by atoms with Gasteiger partial charge < -0.3 is 10.1 Å². The van der Waals surface area contributed by atoms with Gasteiger partial charge in [-0.1, -0.05) is 60.2 Å². The van der Waals surface area contributed by atoms with Gasteiger partial charge in [-0.3, -0.25) is 0 Å². The van der Waals surface area contributed by atoms with Crippen molar-refractivity contribution in [1.29, 1.82) is 0 Å². The summed E-state index contributed by atoms with van der Waals surface area (Å²) in [6, 6.07) is 26.9. The average Bonchev–Trinajstić information content (AvgIpc) is 2.77. The second kappa shape index (κ2) is 8.79. The lowest BCUT2D eigenvalue weighted by Gasteiger charge is -2.16. The lowest BCUT2D eigenvalue weighted by molar-refractivity contribution is 0.304. The van der Waals surface area contributed by atoms with E-state index in [1.807, 2.05) is 18.2 Å². The molecule has 0 spiro atoms. The first-order chi connectivity index (χ1) is 14.9. The Labute approximate surface area is 182 Å². The number of benzene rings is 4. The maximum Gasteiger partial charge on any atom is 0.238 e. The largest absolute Gasteiger partial charge is 0.489 e. The number of nitrogens with one attached hydrogen (secondary N) is 1. The number of sulfonamides is 1. The highest BCUT2D eigenvalue weighted by Gasteiger charge is 2.11. The van der Waals surface area contributed by atoms with Crippen LogP contribution in [0.3, 0.4) is 0 Å². The molecule has 0 amide bonds. The molecule has 3 N–H and O–H groups in total. The highest BCUT2D eigenvalue weighted by molar-refractivity contribution is 7.89. The molecule has 6 heteroatoms. The van der Waals surface area contributed by atoms with Gasteiger partial charge in [-0.05, 0) is 53.6 Å². The van der Waals surface area contributed by atoms with E-state index in [2.05, 4.69) is 54.7 Å². The second-order valence-electron chi connectivity index (χ2n) is 7.46. The number of primary sulfonamides is 1. The van der Waals surface area contributed by atoms with Gasteiger partial charge in [-0.25, -0.2) is 13.6 Å². The Kier molecular flexibility index (Phi) is 5.93. The van der Waals surface area contributed by atoms with Crippen LogP contribution in [0.25, 0.3) is 10.8 Å². The lowest BCUT2D eigenvalue weighted by Crippen LogP contribution is -2.12. The van der Waals surface area contributed by atoms with Crippen molar-refractivity contribution in [3.8, 4) is 5.75 Å². The summed E-state index contributed by atoms with van der Waals surface area (Å²) in [5.41, 5.74) is 4.16. The van der Waals surface area contributed by atoms with Crippen LogP contribution in [0.4, 0.5) is 5.69 Å². The summed E-state index contributed by atoms with van der Waals surface area (Å²) in [5, 5.41) is 10.8. The molecule has 0 saturated carbocycles. The lowest BCUT2D eigenvalue weighted by atomic mass is 10.0. The highest BCUT2D eigenvalue weighted by Crippen LogP contribution is 2.30. The van der Waals surface area contributed by atoms with Gasteiger partial charge in [-0.15, -0.1) is 0 Å². The number of nitrogens with two attached hydrogens (primary N) is 1. The predicted octanol–water partition coefficient (Wildman–Crippen LogP) is 4.99. The third-order valence-electron chi connectivity index (χ3n) is 5.16. The Bertz CT molecular complexity index is 1300. The van der Waals surface area contributed by atoms with Crippen LogP contribution in [0, 0.1) is 6.92 Å². The fraction of sp³-hybridized carbons (Fsp3) is 0.120. The van der Waals surface area contributed by atoms with E-state index in [0.717, 1.165) is 33.3 Å². The minimum Gasteiger partial charge on any atom is -0.489 e. The van der Waals surface area contributed by atoms with Crippen LogP contribution in [0.5, 0.6) is 5.75 Å². The molecule has 0 radical (unpaired) electrons. The van der Waals surface area contributed by atoms with Crippen LogP contribution in [-0.4, -0.2) is 8.42 Å². The maximum absolute atomic E-state index is 11.5. The number of aryl methyl sites for hydroxylation is 1. The van der Waals surface area contributed by atoms with Crippen LogP contribution in [0.15, 0.2) is 89.8 Å². The number of hydrogen-bond donors (Lipinski definition) is 2. The van der Waals surface area contributed by atoms with Crippen molar-refractivity contribution in [1.82, 2.24) is 0 Å². The Morgan fingerprint density at radius 3 is 2.29 bits per heavy atom. The van der Waals surface area contributed by atoms with E-state index in [0.29, 0.717) is 13.2 Å². The zero-order valence-electron chi connectivity index (χ0n) is 17.2. The monoisotopic (exact) mass is 432 g/mol. The molecule has 0 aromatic heterocycles. The molecule has 0 atom stereocenters. The number of hydrogen-bond acceptors (Lipinski definition) is 4. The predicted molar refractivity (Wildman–Crippen MR) is 125 cm³/mol. The average molecular weight is 433 g/mol. The van der Waals surface area contributed by atoms with Gasteiger partial charge in [-0.2, -0.15) is 0 Å². The van der Waals surface area contributed by atoms with Gasteiger partial charge in [0.2, 0.25) is 10.0 Å². The highest BCUT2D eigenvalue weighted by atomic mass is 32.2. The molecular formula is C25H24N2O3S. The van der Waals surface area contributed by atoms with Gasteiger partial charge in [0.15, 0.2) is 0 Å². The molecule has 0 unspecified atom stereocenters. The quantitative estimate of drug-likeness (QED) is 0.431. The van der Waals surface area contributed by atoms with Gasteiger partial charge in [0.05, 0.1) is 4.90 Å². The minimum absolute atomic E-state index is 0.0883. The number of anilines is 1. The molecule has 0 aliphatic heterocycles. The van der Waals surface area contributed by atoms with E-state index in [-0.39, 0.29) is 4.90 Å². The third kappa shape index (κ3) is 5.05. The van der Waals surface area contributed by atoms with E-state index in [9.17, 15) is 8.42 Å². The van der Waals surface area contributed by atoms with Crippen molar-refractivity contribution in [2.75, 3.05) is 5.32 Å². The molecule has 4 aromatic carbocycles. The van der Waals surface area contributed by atoms with Crippen LogP contribution >= 0.6 is 0 Å². The van der Waals surface area contributed by atoms with Crippen LogP contribution in [0.1, 0.15) is 16.7 Å². The number of fused-ring (bicyclic) bond motifs is 1. The molecule has 0 aliphatic carbocycles. The summed E-state index contributed by atoms with van der Waals surface area (Å²) in [6.07, 6.45) is 0. The van der Waals surface area contributed by atoms with E-state index < -0.39 is 10.0 Å². The number of rotatable bonds is 7. The van der Waals surface area contributed by atoms with Crippen LogP contribution in [0.2, 0.25) is 0 Å². The Hall–Kier alpha value is -3.35. The molecule has 0 heterocycles. The molecule has 0 fully saturated rings. The molecule has 0 saturated heterocycles. The van der Waals surface area contributed by atoms with Gasteiger partial charge >= 0.3 is 0 Å². The summed E-state index contributed by atoms with van der Waals surface area (Å²) in [4.78, 5) is 0.0883. The first-order valence-corrected chi connectivity index (χ1v) is 11.5. The SMILES string of the molecule is Cc1ccc(COc2ccc3ccccc3c2CNc2ccc(S(N)(=O)=O)cc2)cc1. The summed E-state index contributed by atoms with van der Waals surface area (Å²) in [5.74, 6) is 0.813. The summed E-state index contributed by atoms with van der Waals surface area (Å²) >= 11 is 0. The maximum atomic E-state index is 11.5. The van der Waals surface area contributed by atoms with Crippen LogP contribution < -0.4 is 15.2 Å². The molecule has 4 aromatic rings. The smallest absolute Gasteiger partial charge is 0.238 e. The minimum atomic E-state index is -3.71. The first kappa shape index (κ1) is 20.9. The molecular weight excluding hydrogens is 408 g/mol. The van der Waals surface area contributed by atoms with Crippen molar-refractivity contribution in [2.45, 2.75) is 25.0 Å². The second-order valence-corrected chi connectivity index (χ2v) is 9.02. The summed E-state index contributed by atoms with van der Waals surface area (Å²) in [7, 11) is -3.71. The zero-order valence-corrected chi connectivity index (χ0v) is 18.0. The molecule has 31 heavy (non-hydrogen) atoms. The number of ether oxygens (including phenoxy) is 1. The molecule has 4 rings (SSSR count). The van der Waals surface area contributed by atoms with E-state index in [4.69, 9.17) is 9.88 Å². The third-order valence-corrected chi connectivity index (χ3v) is 6.09. The van der Waals surface area contributed by atoms with Crippen molar-refractivity contribution in [3.05, 3.63) is 102 Å². The molecule has 5 nitrogen and oxygen atoms in total. The fourth-order valence-electron chi connectivity index (χ4n) is 3.43. The normalized spacial score (nSPS) is 11.4. The zero-order chi connectivity index (χ0) is 21.8. The standard InChI is InChI=1S/C25H24N2O3S/c1-18-6-8-19(9-7-18)17-30-25-15-10-20-4-2-3-5-23(20)24(25)16-27-21-11-13-22(14-12-21)31(26,28)29/h2-15,27H,16-17H2,1H3,(H2,26,28,29). The summed E-state index contributed by atoms with van der Waals surface area (Å²) in [6.45, 7) is 3.07. The van der Waals surface area contributed by atoms with Crippen molar-refractivity contribution in [2.24, 2.45) is 5.14 Å². The van der Waals surface area contributed by atoms with Crippen molar-refractivity contribution < 1.29 is 13.2 Å². The first-order valence-electron chi connectivity index (χ1n) is 9.96. The molecule has 0 aliphatic rings. The van der Waals surface area contributed by atoms with Gasteiger partial charge in [0.1, 0.15) is 12.4 Å². The van der Waals surface area contributed by atoms with Gasteiger partial charge in [0, 0.05) is 17.8 Å². The fourth-order valence-corrected chi connectivity index (χ4v) is 3.95. The Morgan fingerprint density at radius 2 is 1.58 bits per heavy atom. The van der Waals surface area contributed by atoms with Gasteiger partial charge in [0.25, 0.3) is 0 Å². The molecule has 158 valence electrons. The van der Waals surface area contributed by atoms with Crippen molar-refractivity contribution >= 4 is 26.5 Å². The summed E-state index contributed by atoms with van der Waals surface area (Å²) < 4.78 is 29.1. The van der Waals surface area contributed by atoms with Crippen molar-refractivity contribution in [3.63, 3.8) is 0 Å². The van der Waals surface area contributed by atoms with Crippen LogP contribution in [-0.2, 0) is 23.2 Å². The van der Waals surface area contributed by atoms with E-state index in [1.54, 1.807) is 12.1 Å². The topological polar surface area (TPSA) is 81.4 Å². The van der Waals surface area contributed by atoms with E-state index in [1.165, 1.54) is 17.7 Å². The Morgan fingerprint density at radius 1 is 0.871 bits per heavy atom.